The first kappa shape index (κ1) is 18.9. The molecule has 1 saturated heterocycles. The molecular formula is C17H22N4O3S2. The van der Waals surface area contributed by atoms with Crippen molar-refractivity contribution in [2.75, 3.05) is 31.3 Å². The van der Waals surface area contributed by atoms with Gasteiger partial charge in [-0.3, -0.25) is 4.79 Å². The third kappa shape index (κ3) is 5.09. The van der Waals surface area contributed by atoms with Crippen molar-refractivity contribution in [2.45, 2.75) is 30.4 Å². The molecule has 7 nitrogen and oxygen atoms in total. The van der Waals surface area contributed by atoms with E-state index in [0.717, 1.165) is 15.8 Å². The minimum absolute atomic E-state index is 0.0783. The Bertz CT molecular complexity index is 728. The molecule has 1 N–H and O–H groups in total. The average Bonchev–Trinajstić information content (AvgIpc) is 3.07. The molecule has 9 heteroatoms. The number of aromatic nitrogens is 2. The van der Waals surface area contributed by atoms with Gasteiger partial charge in [0.25, 0.3) is 0 Å². The Kier molecular flexibility index (Phi) is 6.33. The van der Waals surface area contributed by atoms with Gasteiger partial charge in [-0.15, -0.1) is 10.2 Å². The normalized spacial score (nSPS) is 20.0. The maximum Gasteiger partial charge on any atom is 0.233 e. The molecule has 2 aromatic rings. The van der Waals surface area contributed by atoms with Gasteiger partial charge in [0.05, 0.1) is 25.1 Å². The Morgan fingerprint density at radius 1 is 1.31 bits per heavy atom. The lowest BCUT2D eigenvalue weighted by Crippen LogP contribution is -2.48. The Morgan fingerprint density at radius 3 is 2.65 bits per heavy atom. The number of carbonyl (C=O) groups excluding carboxylic acids is 1. The predicted molar refractivity (Wildman–Crippen MR) is 103 cm³/mol. The minimum atomic E-state index is 0.0783. The molecule has 0 bridgehead atoms. The van der Waals surface area contributed by atoms with Crippen LogP contribution in [0, 0.1) is 0 Å². The zero-order chi connectivity index (χ0) is 18.5. The number of nitrogens with zero attached hydrogens (tertiary/aromatic N) is 3. The molecule has 0 spiro atoms. The van der Waals surface area contributed by atoms with Crippen molar-refractivity contribution in [1.82, 2.24) is 15.1 Å². The second-order valence-corrected chi connectivity index (χ2v) is 8.27. The van der Waals surface area contributed by atoms with E-state index >= 15 is 0 Å². The van der Waals surface area contributed by atoms with Gasteiger partial charge in [0.15, 0.2) is 4.34 Å². The first-order valence-corrected chi connectivity index (χ1v) is 10.1. The first-order chi connectivity index (χ1) is 12.5. The summed E-state index contributed by atoms with van der Waals surface area (Å²) in [6.07, 6.45) is 0.157. The van der Waals surface area contributed by atoms with Gasteiger partial charge < -0.3 is 19.7 Å². The third-order valence-electron chi connectivity index (χ3n) is 3.84. The fraction of sp³-hybridized carbons (Fsp3) is 0.471. The molecule has 2 atom stereocenters. The van der Waals surface area contributed by atoms with E-state index in [2.05, 4.69) is 15.5 Å². The summed E-state index contributed by atoms with van der Waals surface area (Å²) in [6.45, 7) is 5.27. The van der Waals surface area contributed by atoms with Crippen LogP contribution in [0.25, 0.3) is 0 Å². The number of thioether (sulfide) groups is 1. The first-order valence-electron chi connectivity index (χ1n) is 8.34. The summed E-state index contributed by atoms with van der Waals surface area (Å²) in [5.74, 6) is 1.27. The van der Waals surface area contributed by atoms with Crippen molar-refractivity contribution in [3.05, 3.63) is 24.3 Å². The fourth-order valence-corrected chi connectivity index (χ4v) is 4.39. The maximum absolute atomic E-state index is 12.4. The Balaban J connectivity index is 1.50. The summed E-state index contributed by atoms with van der Waals surface area (Å²) >= 11 is 2.85. The highest BCUT2D eigenvalue weighted by Crippen LogP contribution is 2.28. The number of ether oxygens (including phenoxy) is 2. The van der Waals surface area contributed by atoms with Crippen LogP contribution in [-0.2, 0) is 9.53 Å². The van der Waals surface area contributed by atoms with Gasteiger partial charge in [-0.2, -0.15) is 0 Å². The smallest absolute Gasteiger partial charge is 0.233 e. The molecule has 0 unspecified atom stereocenters. The van der Waals surface area contributed by atoms with Gasteiger partial charge in [0, 0.05) is 18.8 Å². The van der Waals surface area contributed by atoms with E-state index in [0.29, 0.717) is 24.0 Å². The van der Waals surface area contributed by atoms with Gasteiger partial charge in [-0.05, 0) is 38.1 Å². The molecular weight excluding hydrogens is 372 g/mol. The fourth-order valence-electron chi connectivity index (χ4n) is 2.71. The minimum Gasteiger partial charge on any atom is -0.497 e. The van der Waals surface area contributed by atoms with E-state index < -0.39 is 0 Å². The summed E-state index contributed by atoms with van der Waals surface area (Å²) in [7, 11) is 1.64. The van der Waals surface area contributed by atoms with Crippen molar-refractivity contribution in [3.8, 4) is 5.75 Å². The SMILES string of the molecule is COc1ccc(Nc2nnc(SCC(=O)N3C[C@@H](C)O[C@@H](C)C3)s2)cc1. The van der Waals surface area contributed by atoms with Crippen LogP contribution in [0.4, 0.5) is 10.8 Å². The predicted octanol–water partition coefficient (Wildman–Crippen LogP) is 3.02. The number of carbonyl (C=O) groups is 1. The molecule has 1 aliphatic heterocycles. The molecule has 1 aliphatic rings. The number of hydrogen-bond donors (Lipinski definition) is 1. The standard InChI is InChI=1S/C17H22N4O3S2/c1-11-8-21(9-12(2)24-11)15(22)10-25-17-20-19-16(26-17)18-13-4-6-14(23-3)7-5-13/h4-7,11-12H,8-10H2,1-3H3,(H,18,19)/t11-,12+. The molecule has 1 fully saturated rings. The molecule has 1 aromatic heterocycles. The van der Waals surface area contributed by atoms with E-state index in [-0.39, 0.29) is 18.1 Å². The monoisotopic (exact) mass is 394 g/mol. The highest BCUT2D eigenvalue weighted by atomic mass is 32.2. The van der Waals surface area contributed by atoms with Crippen molar-refractivity contribution in [2.24, 2.45) is 0 Å². The van der Waals surface area contributed by atoms with E-state index in [1.165, 1.54) is 23.1 Å². The number of amides is 1. The molecule has 0 saturated carbocycles. The van der Waals surface area contributed by atoms with Gasteiger partial charge in [-0.25, -0.2) is 0 Å². The molecule has 1 aromatic carbocycles. The highest BCUT2D eigenvalue weighted by Gasteiger charge is 2.25. The van der Waals surface area contributed by atoms with Crippen LogP contribution in [0.2, 0.25) is 0 Å². The molecule has 1 amide bonds. The summed E-state index contributed by atoms with van der Waals surface area (Å²) < 4.78 is 11.6. The van der Waals surface area contributed by atoms with Gasteiger partial charge in [-0.1, -0.05) is 23.1 Å². The lowest BCUT2D eigenvalue weighted by Gasteiger charge is -2.35. The topological polar surface area (TPSA) is 76.6 Å². The number of morpholine rings is 1. The Labute approximate surface area is 161 Å². The van der Waals surface area contributed by atoms with Crippen LogP contribution in [-0.4, -0.2) is 59.2 Å². The summed E-state index contributed by atoms with van der Waals surface area (Å²) in [5, 5.41) is 12.2. The molecule has 3 rings (SSSR count). The average molecular weight is 395 g/mol. The van der Waals surface area contributed by atoms with E-state index in [9.17, 15) is 4.79 Å². The van der Waals surface area contributed by atoms with Crippen LogP contribution in [0.5, 0.6) is 5.75 Å². The Morgan fingerprint density at radius 2 is 2.00 bits per heavy atom. The van der Waals surface area contributed by atoms with E-state index in [1.807, 2.05) is 43.0 Å². The number of rotatable bonds is 6. The molecule has 140 valence electrons. The van der Waals surface area contributed by atoms with Crippen molar-refractivity contribution in [1.29, 1.82) is 0 Å². The molecule has 2 heterocycles. The summed E-state index contributed by atoms with van der Waals surface area (Å²) in [5.41, 5.74) is 0.908. The van der Waals surface area contributed by atoms with Crippen LogP contribution >= 0.6 is 23.1 Å². The van der Waals surface area contributed by atoms with Crippen LogP contribution in [0.1, 0.15) is 13.8 Å². The number of anilines is 2. The van der Waals surface area contributed by atoms with Crippen molar-refractivity contribution in [3.63, 3.8) is 0 Å². The molecule has 26 heavy (non-hydrogen) atoms. The highest BCUT2D eigenvalue weighted by molar-refractivity contribution is 8.01. The van der Waals surface area contributed by atoms with Gasteiger partial charge in [0.2, 0.25) is 11.0 Å². The van der Waals surface area contributed by atoms with E-state index in [1.54, 1.807) is 7.11 Å². The second-order valence-electron chi connectivity index (χ2n) is 6.07. The van der Waals surface area contributed by atoms with Crippen molar-refractivity contribution >= 4 is 39.8 Å². The molecule has 0 aliphatic carbocycles. The second kappa shape index (κ2) is 8.70. The van der Waals surface area contributed by atoms with Gasteiger partial charge >= 0.3 is 0 Å². The van der Waals surface area contributed by atoms with Crippen LogP contribution in [0.3, 0.4) is 0 Å². The van der Waals surface area contributed by atoms with Crippen LogP contribution < -0.4 is 10.1 Å². The third-order valence-corrected chi connectivity index (χ3v) is 5.80. The number of hydrogen-bond acceptors (Lipinski definition) is 8. The summed E-state index contributed by atoms with van der Waals surface area (Å²) in [6, 6.07) is 7.58. The number of nitrogens with one attached hydrogen (secondary N) is 1. The number of methoxy groups -OCH3 is 1. The van der Waals surface area contributed by atoms with Crippen LogP contribution in [0.15, 0.2) is 28.6 Å². The van der Waals surface area contributed by atoms with Gasteiger partial charge in [0.1, 0.15) is 5.75 Å². The lowest BCUT2D eigenvalue weighted by molar-refractivity contribution is -0.140. The zero-order valence-corrected chi connectivity index (χ0v) is 16.6. The summed E-state index contributed by atoms with van der Waals surface area (Å²) in [4.78, 5) is 14.3. The lowest BCUT2D eigenvalue weighted by atomic mass is 10.2. The Hall–Kier alpha value is -1.84. The maximum atomic E-state index is 12.4. The van der Waals surface area contributed by atoms with Crippen molar-refractivity contribution < 1.29 is 14.3 Å². The molecule has 0 radical (unpaired) electrons. The largest absolute Gasteiger partial charge is 0.497 e. The van der Waals surface area contributed by atoms with E-state index in [4.69, 9.17) is 9.47 Å². The number of benzene rings is 1. The zero-order valence-electron chi connectivity index (χ0n) is 15.0. The quantitative estimate of drug-likeness (QED) is 0.755.